The van der Waals surface area contributed by atoms with Crippen molar-refractivity contribution in [3.63, 3.8) is 0 Å². The Morgan fingerprint density at radius 1 is 1.48 bits per heavy atom. The van der Waals surface area contributed by atoms with Gasteiger partial charge in [-0.2, -0.15) is 0 Å². The Morgan fingerprint density at radius 2 is 2.14 bits per heavy atom. The first kappa shape index (κ1) is 17.8. The zero-order chi connectivity index (χ0) is 16.0. The van der Waals surface area contributed by atoms with Crippen LogP contribution in [0.2, 0.25) is 5.02 Å². The lowest BCUT2D eigenvalue weighted by Gasteiger charge is -2.09. The number of nitro benzene ring substituents is 1. The zero-order valence-corrected chi connectivity index (χ0v) is 13.0. The average Bonchev–Trinajstić information content (AvgIpc) is 2.43. The summed E-state index contributed by atoms with van der Waals surface area (Å²) in [6, 6.07) is 3.33. The third-order valence-electron chi connectivity index (χ3n) is 2.90. The maximum Gasteiger partial charge on any atom is 0.289 e. The van der Waals surface area contributed by atoms with Gasteiger partial charge in [0.2, 0.25) is 10.0 Å². The van der Waals surface area contributed by atoms with E-state index in [1.807, 2.05) is 6.92 Å². The maximum absolute atomic E-state index is 12.0. The molecule has 0 aromatic heterocycles. The second kappa shape index (κ2) is 7.69. The third-order valence-corrected chi connectivity index (χ3v) is 4.68. The first-order chi connectivity index (χ1) is 9.77. The van der Waals surface area contributed by atoms with E-state index in [1.165, 1.54) is 12.1 Å². The Balaban J connectivity index is 2.75. The van der Waals surface area contributed by atoms with Gasteiger partial charge < -0.3 is 5.11 Å². The van der Waals surface area contributed by atoms with Gasteiger partial charge in [-0.15, -0.1) is 0 Å². The largest absolute Gasteiger partial charge is 0.396 e. The summed E-state index contributed by atoms with van der Waals surface area (Å²) in [6.07, 6.45) is 1.25. The molecule has 1 aromatic rings. The molecule has 118 valence electrons. The molecule has 1 rings (SSSR count). The molecule has 9 heteroatoms. The summed E-state index contributed by atoms with van der Waals surface area (Å²) in [4.78, 5) is 9.82. The fourth-order valence-corrected chi connectivity index (χ4v) is 2.91. The van der Waals surface area contributed by atoms with E-state index < -0.39 is 20.6 Å². The number of benzene rings is 1. The van der Waals surface area contributed by atoms with E-state index >= 15 is 0 Å². The summed E-state index contributed by atoms with van der Waals surface area (Å²) in [5, 5.41) is 19.5. The van der Waals surface area contributed by atoms with Gasteiger partial charge in [-0.3, -0.25) is 10.1 Å². The highest BCUT2D eigenvalue weighted by atomic mass is 35.5. The van der Waals surface area contributed by atoms with Crippen molar-refractivity contribution in [3.8, 4) is 0 Å². The molecule has 0 bridgehead atoms. The first-order valence-corrected chi connectivity index (χ1v) is 8.18. The quantitative estimate of drug-likeness (QED) is 0.428. The van der Waals surface area contributed by atoms with E-state index in [0.29, 0.717) is 12.8 Å². The summed E-state index contributed by atoms with van der Waals surface area (Å²) in [5.74, 6) is 0.103. The van der Waals surface area contributed by atoms with Crippen molar-refractivity contribution >= 4 is 27.3 Å². The van der Waals surface area contributed by atoms with Crippen LogP contribution in [0.15, 0.2) is 23.1 Å². The molecule has 0 aliphatic heterocycles. The smallest absolute Gasteiger partial charge is 0.289 e. The number of halogens is 1. The van der Waals surface area contributed by atoms with Crippen LogP contribution in [0.3, 0.4) is 0 Å². The van der Waals surface area contributed by atoms with Crippen LogP contribution in [0, 0.1) is 16.0 Å². The van der Waals surface area contributed by atoms with Crippen LogP contribution in [-0.2, 0) is 10.0 Å². The predicted octanol–water partition coefficient (Wildman–Crippen LogP) is 1.94. The molecule has 0 saturated carbocycles. The fraction of sp³-hybridized carbons (Fsp3) is 0.500. The highest BCUT2D eigenvalue weighted by Crippen LogP contribution is 2.26. The number of hydrogen-bond acceptors (Lipinski definition) is 5. The fourth-order valence-electron chi connectivity index (χ4n) is 1.63. The molecule has 0 heterocycles. The molecule has 0 aliphatic rings. The minimum Gasteiger partial charge on any atom is -0.396 e. The molecule has 0 saturated heterocycles. The Labute approximate surface area is 128 Å². The standard InChI is InChI=1S/C12H17ClN2O5S/c1-9(8-16)3-2-6-14-21(19,20)10-4-5-11(13)12(7-10)15(17)18/h4-5,7,9,14,16H,2-3,6,8H2,1H3. The van der Waals surface area contributed by atoms with Gasteiger partial charge in [0.1, 0.15) is 5.02 Å². The summed E-state index contributed by atoms with van der Waals surface area (Å²) in [5.41, 5.74) is -0.451. The van der Waals surface area contributed by atoms with Crippen LogP contribution in [0.5, 0.6) is 0 Å². The van der Waals surface area contributed by atoms with E-state index in [4.69, 9.17) is 16.7 Å². The molecular formula is C12H17ClN2O5S. The maximum atomic E-state index is 12.0. The summed E-state index contributed by atoms with van der Waals surface area (Å²) >= 11 is 5.64. The van der Waals surface area contributed by atoms with Crippen molar-refractivity contribution in [2.45, 2.75) is 24.7 Å². The highest BCUT2D eigenvalue weighted by molar-refractivity contribution is 7.89. The van der Waals surface area contributed by atoms with Crippen molar-refractivity contribution in [2.24, 2.45) is 5.92 Å². The summed E-state index contributed by atoms with van der Waals surface area (Å²) < 4.78 is 26.4. The number of nitrogens with one attached hydrogen (secondary N) is 1. The minimum atomic E-state index is -3.81. The Kier molecular flexibility index (Phi) is 6.53. The van der Waals surface area contributed by atoms with Gasteiger partial charge >= 0.3 is 0 Å². The zero-order valence-electron chi connectivity index (χ0n) is 11.5. The Bertz CT molecular complexity index is 606. The van der Waals surface area contributed by atoms with Crippen molar-refractivity contribution in [2.75, 3.05) is 13.2 Å². The van der Waals surface area contributed by atoms with Crippen molar-refractivity contribution < 1.29 is 18.4 Å². The molecule has 0 amide bonds. The van der Waals surface area contributed by atoms with Gasteiger partial charge in [0, 0.05) is 19.2 Å². The van der Waals surface area contributed by atoms with Crippen LogP contribution < -0.4 is 4.72 Å². The van der Waals surface area contributed by atoms with E-state index in [9.17, 15) is 18.5 Å². The van der Waals surface area contributed by atoms with Crippen LogP contribution in [0.25, 0.3) is 0 Å². The number of nitrogens with zero attached hydrogens (tertiary/aromatic N) is 1. The molecule has 1 atom stereocenters. The van der Waals surface area contributed by atoms with Gasteiger partial charge in [0.25, 0.3) is 5.69 Å². The highest BCUT2D eigenvalue weighted by Gasteiger charge is 2.20. The Morgan fingerprint density at radius 3 is 2.71 bits per heavy atom. The number of rotatable bonds is 8. The number of aliphatic hydroxyl groups is 1. The predicted molar refractivity (Wildman–Crippen MR) is 78.8 cm³/mol. The van der Waals surface area contributed by atoms with Crippen molar-refractivity contribution in [1.82, 2.24) is 4.72 Å². The summed E-state index contributed by atoms with van der Waals surface area (Å²) in [6.45, 7) is 2.11. The van der Waals surface area contributed by atoms with E-state index in [-0.39, 0.29) is 29.0 Å². The summed E-state index contributed by atoms with van der Waals surface area (Å²) in [7, 11) is -3.81. The minimum absolute atomic E-state index is 0.0517. The van der Waals surface area contributed by atoms with Gasteiger partial charge in [0.15, 0.2) is 0 Å². The molecule has 21 heavy (non-hydrogen) atoms. The number of sulfonamides is 1. The molecule has 1 aromatic carbocycles. The first-order valence-electron chi connectivity index (χ1n) is 6.32. The molecule has 0 fully saturated rings. The van der Waals surface area contributed by atoms with E-state index in [0.717, 1.165) is 6.07 Å². The van der Waals surface area contributed by atoms with Gasteiger partial charge in [-0.1, -0.05) is 18.5 Å². The van der Waals surface area contributed by atoms with Crippen LogP contribution >= 0.6 is 11.6 Å². The second-order valence-corrected chi connectivity index (χ2v) is 6.87. The van der Waals surface area contributed by atoms with Crippen LogP contribution in [0.1, 0.15) is 19.8 Å². The molecule has 0 aliphatic carbocycles. The molecule has 0 radical (unpaired) electrons. The van der Waals surface area contributed by atoms with E-state index in [2.05, 4.69) is 4.72 Å². The lowest BCUT2D eigenvalue weighted by molar-refractivity contribution is -0.384. The molecule has 1 unspecified atom stereocenters. The Hall–Kier alpha value is -1.22. The van der Waals surface area contributed by atoms with Gasteiger partial charge in [-0.05, 0) is 30.9 Å². The number of hydrogen-bond donors (Lipinski definition) is 2. The van der Waals surface area contributed by atoms with Gasteiger partial charge in [0.05, 0.1) is 9.82 Å². The van der Waals surface area contributed by atoms with Gasteiger partial charge in [-0.25, -0.2) is 13.1 Å². The second-order valence-electron chi connectivity index (χ2n) is 4.70. The normalized spacial score (nSPS) is 13.1. The number of aliphatic hydroxyl groups excluding tert-OH is 1. The average molecular weight is 337 g/mol. The van der Waals surface area contributed by atoms with Crippen molar-refractivity contribution in [3.05, 3.63) is 33.3 Å². The molecule has 7 nitrogen and oxygen atoms in total. The molecular weight excluding hydrogens is 320 g/mol. The van der Waals surface area contributed by atoms with Crippen LogP contribution in [-0.4, -0.2) is 31.6 Å². The topological polar surface area (TPSA) is 110 Å². The molecule has 0 spiro atoms. The number of nitro groups is 1. The lowest BCUT2D eigenvalue weighted by Crippen LogP contribution is -2.25. The molecule has 2 N–H and O–H groups in total. The van der Waals surface area contributed by atoms with E-state index in [1.54, 1.807) is 0 Å². The monoisotopic (exact) mass is 336 g/mol. The van der Waals surface area contributed by atoms with Crippen molar-refractivity contribution in [1.29, 1.82) is 0 Å². The lowest BCUT2D eigenvalue weighted by atomic mass is 10.1. The SMILES string of the molecule is CC(CO)CCCNS(=O)(=O)c1ccc(Cl)c([N+](=O)[O-])c1. The third kappa shape index (κ3) is 5.24. The van der Waals surface area contributed by atoms with Crippen LogP contribution in [0.4, 0.5) is 5.69 Å².